The van der Waals surface area contributed by atoms with Gasteiger partial charge in [-0.25, -0.2) is 12.8 Å². The highest BCUT2D eigenvalue weighted by atomic mass is 35.5. The predicted molar refractivity (Wildman–Crippen MR) is 83.6 cm³/mol. The first-order valence-electron chi connectivity index (χ1n) is 6.09. The Kier molecular flexibility index (Phi) is 4.69. The highest BCUT2D eigenvalue weighted by Crippen LogP contribution is 2.20. The molecule has 7 heteroatoms. The molecular weight excluding hydrogens is 315 g/mol. The summed E-state index contributed by atoms with van der Waals surface area (Å²) in [5, 5.41) is 3.45. The summed E-state index contributed by atoms with van der Waals surface area (Å²) in [6, 6.07) is 11.0. The minimum atomic E-state index is -3.31. The average molecular weight is 329 g/mol. The van der Waals surface area contributed by atoms with Crippen LogP contribution in [0.2, 0.25) is 5.02 Å². The van der Waals surface area contributed by atoms with Gasteiger partial charge in [0.1, 0.15) is 5.82 Å². The molecule has 21 heavy (non-hydrogen) atoms. The van der Waals surface area contributed by atoms with Crippen molar-refractivity contribution in [1.29, 1.82) is 0 Å². The number of hydrogen-bond acceptors (Lipinski definition) is 3. The lowest BCUT2D eigenvalue weighted by Gasteiger charge is -2.10. The largest absolute Gasteiger partial charge is 0.381 e. The maximum atomic E-state index is 13.0. The van der Waals surface area contributed by atoms with Gasteiger partial charge in [0.2, 0.25) is 10.0 Å². The lowest BCUT2D eigenvalue weighted by Crippen LogP contribution is -2.09. The second-order valence-corrected chi connectivity index (χ2v) is 6.70. The summed E-state index contributed by atoms with van der Waals surface area (Å²) in [5.41, 5.74) is 1.94. The summed E-state index contributed by atoms with van der Waals surface area (Å²) >= 11 is 5.94. The Morgan fingerprint density at radius 1 is 1.14 bits per heavy atom. The fourth-order valence-corrected chi connectivity index (χ4v) is 2.56. The monoisotopic (exact) mass is 328 g/mol. The average Bonchev–Trinajstić information content (AvgIpc) is 2.36. The van der Waals surface area contributed by atoms with Crippen LogP contribution < -0.4 is 10.0 Å². The normalized spacial score (nSPS) is 11.2. The van der Waals surface area contributed by atoms with Crippen LogP contribution in [-0.2, 0) is 16.6 Å². The van der Waals surface area contributed by atoms with Gasteiger partial charge in [0.25, 0.3) is 0 Å². The molecule has 0 fully saturated rings. The van der Waals surface area contributed by atoms with Crippen LogP contribution in [0, 0.1) is 5.82 Å². The zero-order chi connectivity index (χ0) is 15.5. The number of sulfonamides is 1. The second-order valence-electron chi connectivity index (χ2n) is 4.54. The van der Waals surface area contributed by atoms with Crippen molar-refractivity contribution in [2.24, 2.45) is 0 Å². The van der Waals surface area contributed by atoms with Crippen LogP contribution in [0.1, 0.15) is 5.56 Å². The van der Waals surface area contributed by atoms with Gasteiger partial charge in [-0.15, -0.1) is 0 Å². The quantitative estimate of drug-likeness (QED) is 0.883. The third-order valence-electron chi connectivity index (χ3n) is 2.66. The molecule has 0 unspecified atom stereocenters. The Balaban J connectivity index is 2.08. The van der Waals surface area contributed by atoms with Gasteiger partial charge in [0, 0.05) is 17.3 Å². The minimum Gasteiger partial charge on any atom is -0.381 e. The van der Waals surface area contributed by atoms with E-state index >= 15 is 0 Å². The van der Waals surface area contributed by atoms with E-state index in [1.807, 2.05) is 0 Å². The molecule has 0 aliphatic heterocycles. The molecule has 0 radical (unpaired) electrons. The lowest BCUT2D eigenvalue weighted by atomic mass is 10.2. The zero-order valence-corrected chi connectivity index (χ0v) is 12.8. The lowest BCUT2D eigenvalue weighted by molar-refractivity contribution is 0.607. The van der Waals surface area contributed by atoms with Gasteiger partial charge in [-0.2, -0.15) is 0 Å². The van der Waals surface area contributed by atoms with E-state index in [2.05, 4.69) is 10.0 Å². The maximum Gasteiger partial charge on any atom is 0.229 e. The minimum absolute atomic E-state index is 0.341. The van der Waals surface area contributed by atoms with Gasteiger partial charge >= 0.3 is 0 Å². The molecule has 2 aromatic carbocycles. The van der Waals surface area contributed by atoms with Gasteiger partial charge in [-0.1, -0.05) is 23.7 Å². The van der Waals surface area contributed by atoms with Crippen LogP contribution >= 0.6 is 11.6 Å². The fraction of sp³-hybridized carbons (Fsp3) is 0.143. The summed E-state index contributed by atoms with van der Waals surface area (Å²) in [6.07, 6.45) is 1.09. The van der Waals surface area contributed by atoms with E-state index in [9.17, 15) is 12.8 Å². The molecule has 0 aliphatic rings. The van der Waals surface area contributed by atoms with Crippen LogP contribution in [0.3, 0.4) is 0 Å². The van der Waals surface area contributed by atoms with Crippen molar-refractivity contribution in [3.8, 4) is 0 Å². The van der Waals surface area contributed by atoms with Crippen molar-refractivity contribution in [2.45, 2.75) is 6.54 Å². The SMILES string of the molecule is CS(=O)(=O)Nc1cccc(NCc2ccc(F)cc2Cl)c1. The predicted octanol–water partition coefficient (Wildman–Crippen LogP) is 3.46. The van der Waals surface area contributed by atoms with Crippen LogP contribution in [0.25, 0.3) is 0 Å². The molecule has 0 spiro atoms. The Hall–Kier alpha value is -1.79. The van der Waals surface area contributed by atoms with E-state index in [1.165, 1.54) is 12.1 Å². The summed E-state index contributed by atoms with van der Waals surface area (Å²) in [4.78, 5) is 0. The third-order valence-corrected chi connectivity index (χ3v) is 3.62. The van der Waals surface area contributed by atoms with E-state index in [-0.39, 0.29) is 5.82 Å². The van der Waals surface area contributed by atoms with Crippen molar-refractivity contribution in [1.82, 2.24) is 0 Å². The molecular formula is C14H14ClFN2O2S. The standard InChI is InChI=1S/C14H14ClFN2O2S/c1-21(19,20)18-13-4-2-3-12(8-13)17-9-10-5-6-11(16)7-14(10)15/h2-8,17-18H,9H2,1H3. The Morgan fingerprint density at radius 2 is 1.86 bits per heavy atom. The van der Waals surface area contributed by atoms with Crippen molar-refractivity contribution in [2.75, 3.05) is 16.3 Å². The number of nitrogens with one attached hydrogen (secondary N) is 2. The van der Waals surface area contributed by atoms with Crippen LogP contribution in [0.5, 0.6) is 0 Å². The van der Waals surface area contributed by atoms with E-state index in [0.29, 0.717) is 17.3 Å². The summed E-state index contributed by atoms with van der Waals surface area (Å²) in [5.74, 6) is -0.386. The number of benzene rings is 2. The molecule has 0 heterocycles. The number of hydrogen-bond donors (Lipinski definition) is 2. The van der Waals surface area contributed by atoms with Crippen LogP contribution in [0.4, 0.5) is 15.8 Å². The van der Waals surface area contributed by atoms with Crippen LogP contribution in [0.15, 0.2) is 42.5 Å². The molecule has 2 rings (SSSR count). The molecule has 0 saturated heterocycles. The summed E-state index contributed by atoms with van der Waals surface area (Å²) in [6.45, 7) is 0.404. The first kappa shape index (κ1) is 15.6. The van der Waals surface area contributed by atoms with Gasteiger partial charge in [-0.05, 0) is 35.9 Å². The highest BCUT2D eigenvalue weighted by molar-refractivity contribution is 7.92. The Bertz CT molecular complexity index is 750. The fourth-order valence-electron chi connectivity index (χ4n) is 1.77. The first-order valence-corrected chi connectivity index (χ1v) is 8.36. The van der Waals surface area contributed by atoms with Crippen molar-refractivity contribution in [3.63, 3.8) is 0 Å². The van der Waals surface area contributed by atoms with E-state index in [1.54, 1.807) is 30.3 Å². The first-order chi connectivity index (χ1) is 9.83. The van der Waals surface area contributed by atoms with Gasteiger partial charge in [0.05, 0.1) is 11.9 Å². The molecule has 0 saturated carbocycles. The number of halogens is 2. The third kappa shape index (κ3) is 4.91. The van der Waals surface area contributed by atoms with E-state index in [4.69, 9.17) is 11.6 Å². The molecule has 112 valence electrons. The molecule has 4 nitrogen and oxygen atoms in total. The van der Waals surface area contributed by atoms with Gasteiger partial charge in [-0.3, -0.25) is 4.72 Å². The zero-order valence-electron chi connectivity index (χ0n) is 11.2. The molecule has 0 aliphatic carbocycles. The highest BCUT2D eigenvalue weighted by Gasteiger charge is 2.04. The topological polar surface area (TPSA) is 58.2 Å². The van der Waals surface area contributed by atoms with Gasteiger partial charge < -0.3 is 5.32 Å². The van der Waals surface area contributed by atoms with E-state index in [0.717, 1.165) is 17.5 Å². The van der Waals surface area contributed by atoms with Crippen LogP contribution in [-0.4, -0.2) is 14.7 Å². The second kappa shape index (κ2) is 6.32. The molecule has 2 aromatic rings. The molecule has 0 bridgehead atoms. The van der Waals surface area contributed by atoms with Crippen molar-refractivity contribution >= 4 is 33.0 Å². The van der Waals surface area contributed by atoms with E-state index < -0.39 is 10.0 Å². The summed E-state index contributed by atoms with van der Waals surface area (Å²) < 4.78 is 37.7. The number of rotatable bonds is 5. The van der Waals surface area contributed by atoms with Gasteiger partial charge in [0.15, 0.2) is 0 Å². The molecule has 2 N–H and O–H groups in total. The Labute approximate surface area is 128 Å². The molecule has 0 amide bonds. The summed E-state index contributed by atoms with van der Waals surface area (Å²) in [7, 11) is -3.31. The Morgan fingerprint density at radius 3 is 2.52 bits per heavy atom. The smallest absolute Gasteiger partial charge is 0.229 e. The van der Waals surface area contributed by atoms with Crippen molar-refractivity contribution < 1.29 is 12.8 Å². The molecule has 0 atom stereocenters. The van der Waals surface area contributed by atoms with Crippen molar-refractivity contribution in [3.05, 3.63) is 58.9 Å². The molecule has 0 aromatic heterocycles. The maximum absolute atomic E-state index is 13.0. The number of anilines is 2.